The van der Waals surface area contributed by atoms with Crippen molar-refractivity contribution < 1.29 is 19.5 Å². The molecule has 39 heavy (non-hydrogen) atoms. The molecule has 0 radical (unpaired) electrons. The number of carbonyl (C=O) groups is 1. The number of amidine groups is 1. The number of hydrogen-bond donors (Lipinski definition) is 5. The Morgan fingerprint density at radius 3 is 2.62 bits per heavy atom. The lowest BCUT2D eigenvalue weighted by Crippen LogP contribution is -2.35. The number of ether oxygens (including phenoxy) is 1. The number of hydrogen-bond acceptors (Lipinski definition) is 10. The Bertz CT molecular complexity index is 1310. The van der Waals surface area contributed by atoms with Gasteiger partial charge < -0.3 is 30.6 Å². The van der Waals surface area contributed by atoms with Crippen LogP contribution < -0.4 is 37.0 Å². The second-order valence-electron chi connectivity index (χ2n) is 10.1. The van der Waals surface area contributed by atoms with Crippen molar-refractivity contribution in [3.63, 3.8) is 0 Å². The molecule has 2 aromatic carbocycles. The van der Waals surface area contributed by atoms with Gasteiger partial charge in [0.05, 0.1) is 36.4 Å². The smallest absolute Gasteiger partial charge is 0.255 e. The zero-order chi connectivity index (χ0) is 28.9. The van der Waals surface area contributed by atoms with E-state index in [1.165, 1.54) is 12.1 Å². The molecule has 0 aromatic heterocycles. The van der Waals surface area contributed by atoms with Crippen LogP contribution in [0.4, 0.5) is 11.4 Å². The molecule has 0 unspecified atom stereocenters. The molecule has 0 spiro atoms. The summed E-state index contributed by atoms with van der Waals surface area (Å²) in [6, 6.07) is 8.99. The van der Waals surface area contributed by atoms with E-state index in [9.17, 15) is 9.90 Å². The van der Waals surface area contributed by atoms with Gasteiger partial charge in [-0.3, -0.25) is 14.8 Å². The SMILES string of the molecule is CNOc1cc(C(C)(C)C)cc(NC(=O)c2ccc(C)c(N(N)/C=C(\N)C3=CCN=C(CO)N3C)c2)c1OC. The minimum Gasteiger partial charge on any atom is -0.491 e. The van der Waals surface area contributed by atoms with Crippen LogP contribution in [-0.2, 0) is 5.41 Å². The molecule has 0 aliphatic carbocycles. The van der Waals surface area contributed by atoms with Crippen LogP contribution >= 0.6 is 0 Å². The standard InChI is InChI=1S/C28H39N7O4/c1-17-8-9-18(12-23(17)35(30)15-20(29)22-10-11-32-25(16-36)34(22)6)27(37)33-21-13-19(28(2,3)4)14-24(39-31-5)26(21)38-7/h8-10,12-15,31,36H,11,16,29-30H2,1-7H3,(H,33,37)/b20-15-. The number of rotatable bonds is 9. The van der Waals surface area contributed by atoms with Crippen molar-refractivity contribution in [3.05, 3.63) is 70.7 Å². The molecule has 1 aliphatic heterocycles. The summed E-state index contributed by atoms with van der Waals surface area (Å²) in [7, 11) is 4.94. The lowest BCUT2D eigenvalue weighted by molar-refractivity contribution is 0.102. The van der Waals surface area contributed by atoms with E-state index in [1.54, 1.807) is 37.3 Å². The Morgan fingerprint density at radius 2 is 2.00 bits per heavy atom. The number of hydrazine groups is 1. The zero-order valence-electron chi connectivity index (χ0n) is 23.6. The van der Waals surface area contributed by atoms with Gasteiger partial charge in [-0.15, -0.1) is 0 Å². The maximum atomic E-state index is 13.4. The Labute approximate surface area is 229 Å². The Morgan fingerprint density at radius 1 is 1.28 bits per heavy atom. The fraction of sp³-hybridized carbons (Fsp3) is 0.357. The van der Waals surface area contributed by atoms with Crippen molar-refractivity contribution in [2.24, 2.45) is 16.6 Å². The third-order valence-corrected chi connectivity index (χ3v) is 6.36. The molecular weight excluding hydrogens is 498 g/mol. The first kappa shape index (κ1) is 29.5. The van der Waals surface area contributed by atoms with Crippen molar-refractivity contribution in [2.45, 2.75) is 33.1 Å². The van der Waals surface area contributed by atoms with Gasteiger partial charge in [-0.1, -0.05) is 26.8 Å². The van der Waals surface area contributed by atoms with E-state index in [0.29, 0.717) is 52.2 Å². The number of anilines is 2. The van der Waals surface area contributed by atoms with Crippen LogP contribution in [0.2, 0.25) is 0 Å². The van der Waals surface area contributed by atoms with Crippen LogP contribution in [0, 0.1) is 6.92 Å². The van der Waals surface area contributed by atoms with Gasteiger partial charge in [0.15, 0.2) is 11.5 Å². The average Bonchev–Trinajstić information content (AvgIpc) is 2.88. The maximum Gasteiger partial charge on any atom is 0.255 e. The lowest BCUT2D eigenvalue weighted by atomic mass is 9.86. The summed E-state index contributed by atoms with van der Waals surface area (Å²) < 4.78 is 5.58. The third-order valence-electron chi connectivity index (χ3n) is 6.36. The van der Waals surface area contributed by atoms with E-state index >= 15 is 0 Å². The molecule has 11 nitrogen and oxygen atoms in total. The fourth-order valence-electron chi connectivity index (χ4n) is 4.12. The minimum absolute atomic E-state index is 0.199. The number of nitrogens with two attached hydrogens (primary N) is 2. The number of carbonyl (C=O) groups excluding carboxylic acids is 1. The Balaban J connectivity index is 1.92. The minimum atomic E-state index is -0.347. The summed E-state index contributed by atoms with van der Waals surface area (Å²) in [5.74, 6) is 7.39. The normalized spacial score (nSPS) is 14.0. The summed E-state index contributed by atoms with van der Waals surface area (Å²) in [5, 5.41) is 13.9. The van der Waals surface area contributed by atoms with Gasteiger partial charge in [0, 0.05) is 25.9 Å². The van der Waals surface area contributed by atoms with Gasteiger partial charge in [0.25, 0.3) is 5.91 Å². The van der Waals surface area contributed by atoms with Gasteiger partial charge in [-0.2, -0.15) is 5.48 Å². The Hall–Kier alpha value is -4.06. The van der Waals surface area contributed by atoms with E-state index in [4.69, 9.17) is 21.2 Å². The summed E-state index contributed by atoms with van der Waals surface area (Å²) in [5.41, 5.74) is 13.1. The average molecular weight is 538 g/mol. The highest BCUT2D eigenvalue weighted by molar-refractivity contribution is 6.06. The van der Waals surface area contributed by atoms with E-state index in [2.05, 4.69) is 36.6 Å². The van der Waals surface area contributed by atoms with Crippen molar-refractivity contribution in [1.29, 1.82) is 0 Å². The molecule has 3 rings (SSSR count). The van der Waals surface area contributed by atoms with Crippen LogP contribution in [0.25, 0.3) is 0 Å². The monoisotopic (exact) mass is 537 g/mol. The number of benzene rings is 2. The summed E-state index contributed by atoms with van der Waals surface area (Å²) in [6.45, 7) is 8.32. The van der Waals surface area contributed by atoms with Crippen molar-refractivity contribution in [3.8, 4) is 11.5 Å². The molecule has 1 amide bonds. The van der Waals surface area contributed by atoms with Crippen LogP contribution in [0.5, 0.6) is 11.5 Å². The molecule has 0 atom stereocenters. The van der Waals surface area contributed by atoms with Gasteiger partial charge >= 0.3 is 0 Å². The number of aryl methyl sites for hydroxylation is 1. The lowest BCUT2D eigenvalue weighted by Gasteiger charge is -2.27. The second kappa shape index (κ2) is 12.2. The van der Waals surface area contributed by atoms with Crippen molar-refractivity contribution in [2.75, 3.05) is 44.7 Å². The second-order valence-corrected chi connectivity index (χ2v) is 10.1. The van der Waals surface area contributed by atoms with E-state index in [-0.39, 0.29) is 17.9 Å². The van der Waals surface area contributed by atoms with Crippen molar-refractivity contribution >= 4 is 23.1 Å². The molecule has 2 aromatic rings. The fourth-order valence-corrected chi connectivity index (χ4v) is 4.12. The molecule has 0 saturated carbocycles. The highest BCUT2D eigenvalue weighted by Gasteiger charge is 2.23. The quantitative estimate of drug-likeness (QED) is 0.240. The number of methoxy groups -OCH3 is 1. The topological polar surface area (TPSA) is 151 Å². The molecule has 1 aliphatic rings. The summed E-state index contributed by atoms with van der Waals surface area (Å²) >= 11 is 0. The van der Waals surface area contributed by atoms with Gasteiger partial charge in [-0.25, -0.2) is 5.84 Å². The molecule has 0 bridgehead atoms. The number of aliphatic imine (C=N–C) groups is 1. The molecule has 7 N–H and O–H groups in total. The number of aliphatic hydroxyl groups is 1. The first-order chi connectivity index (χ1) is 18.4. The van der Waals surface area contributed by atoms with Crippen LogP contribution in [0.3, 0.4) is 0 Å². The summed E-state index contributed by atoms with van der Waals surface area (Å²) in [4.78, 5) is 24.9. The highest BCUT2D eigenvalue weighted by atomic mass is 16.7. The Kier molecular flexibility index (Phi) is 9.23. The third kappa shape index (κ3) is 6.69. The zero-order valence-corrected chi connectivity index (χ0v) is 23.6. The number of hydroxylamine groups is 1. The van der Waals surface area contributed by atoms with Gasteiger partial charge in [0.1, 0.15) is 12.4 Å². The molecule has 11 heteroatoms. The van der Waals surface area contributed by atoms with Gasteiger partial charge in [0.2, 0.25) is 0 Å². The summed E-state index contributed by atoms with van der Waals surface area (Å²) in [6.07, 6.45) is 3.42. The number of nitrogens with one attached hydrogen (secondary N) is 2. The largest absolute Gasteiger partial charge is 0.491 e. The predicted octanol–water partition coefficient (Wildman–Crippen LogP) is 2.77. The van der Waals surface area contributed by atoms with Crippen LogP contribution in [0.15, 0.2) is 59.0 Å². The predicted molar refractivity (Wildman–Crippen MR) is 155 cm³/mol. The number of aliphatic hydroxyl groups excluding tert-OH is 1. The van der Waals surface area contributed by atoms with Crippen molar-refractivity contribution in [1.82, 2.24) is 10.4 Å². The number of nitrogens with zero attached hydrogens (tertiary/aromatic N) is 3. The molecule has 1 heterocycles. The van der Waals surface area contributed by atoms with Crippen LogP contribution in [0.1, 0.15) is 42.3 Å². The first-order valence-corrected chi connectivity index (χ1v) is 12.5. The van der Waals surface area contributed by atoms with Crippen LogP contribution in [-0.4, -0.2) is 56.1 Å². The number of likely N-dealkylation sites (N-methyl/N-ethyl adjacent to an activating group) is 1. The van der Waals surface area contributed by atoms with E-state index < -0.39 is 0 Å². The van der Waals surface area contributed by atoms with E-state index in [0.717, 1.165) is 11.1 Å². The molecule has 0 saturated heterocycles. The maximum absolute atomic E-state index is 13.4. The molecule has 210 valence electrons. The first-order valence-electron chi connectivity index (χ1n) is 12.5. The van der Waals surface area contributed by atoms with Gasteiger partial charge in [-0.05, 0) is 53.8 Å². The molecule has 0 fully saturated rings. The highest BCUT2D eigenvalue weighted by Crippen LogP contribution is 2.40. The molecular formula is C28H39N7O4. The number of amides is 1. The van der Waals surface area contributed by atoms with E-state index in [1.807, 2.05) is 31.2 Å².